The molecule has 0 bridgehead atoms. The van der Waals surface area contributed by atoms with Gasteiger partial charge in [0, 0.05) is 29.8 Å². The Morgan fingerprint density at radius 2 is 1.92 bits per heavy atom. The molecule has 0 amide bonds. The van der Waals surface area contributed by atoms with Crippen LogP contribution in [-0.4, -0.2) is 42.1 Å². The lowest BCUT2D eigenvalue weighted by molar-refractivity contribution is -0.207. The molecule has 1 aromatic carbocycles. The van der Waals surface area contributed by atoms with Crippen molar-refractivity contribution in [1.82, 2.24) is 5.43 Å². The Labute approximate surface area is 222 Å². The van der Waals surface area contributed by atoms with E-state index in [9.17, 15) is 5.11 Å². The summed E-state index contributed by atoms with van der Waals surface area (Å²) in [5.74, 6) is 2.02. The van der Waals surface area contributed by atoms with Crippen LogP contribution in [0, 0.1) is 39.9 Å². The molecule has 4 aliphatic rings. The van der Waals surface area contributed by atoms with Crippen molar-refractivity contribution in [2.45, 2.75) is 89.8 Å². The number of nitrogens with one attached hydrogen (secondary N) is 3. The van der Waals surface area contributed by atoms with Crippen molar-refractivity contribution in [3.8, 4) is 0 Å². The van der Waals surface area contributed by atoms with Gasteiger partial charge in [-0.25, -0.2) is 5.43 Å². The van der Waals surface area contributed by atoms with Crippen molar-refractivity contribution in [3.63, 3.8) is 0 Å². The number of ether oxygens (including phenoxy) is 1. The van der Waals surface area contributed by atoms with Crippen molar-refractivity contribution in [3.05, 3.63) is 30.3 Å². The van der Waals surface area contributed by atoms with E-state index in [1.54, 1.807) is 0 Å². The number of anilines is 1. The zero-order valence-corrected chi connectivity index (χ0v) is 22.7. The van der Waals surface area contributed by atoms with Crippen molar-refractivity contribution >= 4 is 17.9 Å². The summed E-state index contributed by atoms with van der Waals surface area (Å²) < 4.78 is 6.19. The van der Waals surface area contributed by atoms with Crippen molar-refractivity contribution in [2.24, 2.45) is 45.3 Å². The molecule has 204 valence electrons. The van der Waals surface area contributed by atoms with Crippen LogP contribution in [0.15, 0.2) is 35.4 Å². The van der Waals surface area contributed by atoms with E-state index in [1.165, 1.54) is 25.7 Å². The molecule has 0 unspecified atom stereocenters. The molecule has 4 aliphatic carbocycles. The van der Waals surface area contributed by atoms with Crippen molar-refractivity contribution in [1.29, 1.82) is 5.41 Å². The highest BCUT2D eigenvalue weighted by molar-refractivity contribution is 5.91. The molecule has 4 saturated carbocycles. The topological polar surface area (TPSA) is 116 Å². The van der Waals surface area contributed by atoms with Gasteiger partial charge < -0.3 is 20.9 Å². The molecule has 4 fully saturated rings. The van der Waals surface area contributed by atoms with Gasteiger partial charge in [-0.3, -0.25) is 5.41 Å². The van der Waals surface area contributed by atoms with E-state index in [-0.39, 0.29) is 17.3 Å². The molecule has 0 aromatic heterocycles. The number of rotatable bonds is 7. The maximum Gasteiger partial charge on any atom is 0.213 e. The van der Waals surface area contributed by atoms with Crippen LogP contribution in [-0.2, 0) is 4.74 Å². The number of nitrogens with two attached hydrogens (primary N) is 1. The van der Waals surface area contributed by atoms with Gasteiger partial charge in [0.25, 0.3) is 0 Å². The van der Waals surface area contributed by atoms with E-state index in [0.717, 1.165) is 50.8 Å². The molecular weight excluding hydrogens is 462 g/mol. The fourth-order valence-electron chi connectivity index (χ4n) is 8.84. The number of nitrogens with zero attached hydrogens (tertiary/aromatic N) is 1. The molecule has 0 saturated heterocycles. The third-order valence-corrected chi connectivity index (χ3v) is 11.1. The average molecular weight is 510 g/mol. The van der Waals surface area contributed by atoms with Crippen molar-refractivity contribution in [2.75, 3.05) is 18.5 Å². The fraction of sp³-hybridized carbons (Fsp3) is 0.733. The van der Waals surface area contributed by atoms with Gasteiger partial charge >= 0.3 is 0 Å². The van der Waals surface area contributed by atoms with E-state index >= 15 is 0 Å². The number of hydrogen-bond acceptors (Lipinski definition) is 5. The van der Waals surface area contributed by atoms with E-state index < -0.39 is 5.60 Å². The number of benzene rings is 1. The highest BCUT2D eigenvalue weighted by Crippen LogP contribution is 2.68. The summed E-state index contributed by atoms with van der Waals surface area (Å²) >= 11 is 0. The third-order valence-electron chi connectivity index (χ3n) is 11.1. The minimum atomic E-state index is -0.634. The maximum atomic E-state index is 12.4. The number of aliphatic hydroxyl groups is 1. The molecule has 5 rings (SSSR count). The summed E-state index contributed by atoms with van der Waals surface area (Å²) in [5, 5.41) is 28.0. The third kappa shape index (κ3) is 4.83. The Morgan fingerprint density at radius 3 is 2.70 bits per heavy atom. The zero-order chi connectivity index (χ0) is 26.1. The van der Waals surface area contributed by atoms with E-state index in [2.05, 4.69) is 29.7 Å². The highest BCUT2D eigenvalue weighted by atomic mass is 16.5. The standard InChI is InChI=1S/C30H47N5O2/c1-28-14-12-24(37-18-6-17-31)19-21(28)9-10-26-25(28)13-15-29(2)22(11-16-30(26,29)36)20-33-35-27(32)34-23-7-4-3-5-8-23/h3-5,7-8,20-22,24-26,36H,6,9-19,31H2,1-2H3,(H3,32,34,35)/b33-20+/t21-,22-,24+,25+,26-,28+,29-,30+/m1/s1. The SMILES string of the molecule is C[C@]12CC[C@H](OCCCN)C[C@H]1CC[C@@H]1[C@@H]2CC[C@]2(C)[C@@H](/C=N/NC(=N)Nc3ccccc3)CC[C@]12O. The van der Waals surface area contributed by atoms with E-state index in [1.807, 2.05) is 36.5 Å². The zero-order valence-electron chi connectivity index (χ0n) is 22.7. The predicted molar refractivity (Wildman–Crippen MR) is 150 cm³/mol. The van der Waals surface area contributed by atoms with Gasteiger partial charge in [0.1, 0.15) is 0 Å². The smallest absolute Gasteiger partial charge is 0.213 e. The molecule has 6 N–H and O–H groups in total. The van der Waals surface area contributed by atoms with E-state index in [0.29, 0.717) is 35.8 Å². The number of fused-ring (bicyclic) bond motifs is 5. The summed E-state index contributed by atoms with van der Waals surface area (Å²) in [5.41, 5.74) is 8.87. The van der Waals surface area contributed by atoms with E-state index in [4.69, 9.17) is 15.9 Å². The Morgan fingerprint density at radius 1 is 1.11 bits per heavy atom. The first-order valence-electron chi connectivity index (χ1n) is 14.5. The lowest BCUT2D eigenvalue weighted by Gasteiger charge is -2.63. The second kappa shape index (κ2) is 10.7. The van der Waals surface area contributed by atoms with Crippen LogP contribution in [0.2, 0.25) is 0 Å². The minimum Gasteiger partial charge on any atom is -0.389 e. The molecule has 8 atom stereocenters. The van der Waals surface area contributed by atoms with Gasteiger partial charge in [0.2, 0.25) is 5.96 Å². The Balaban J connectivity index is 1.22. The summed E-state index contributed by atoms with van der Waals surface area (Å²) in [6, 6.07) is 9.67. The lowest BCUT2D eigenvalue weighted by atomic mass is 9.43. The van der Waals surface area contributed by atoms with Gasteiger partial charge in [0.05, 0.1) is 11.7 Å². The summed E-state index contributed by atoms with van der Waals surface area (Å²) in [6.45, 7) is 6.31. The number of hydrazone groups is 1. The molecule has 7 heteroatoms. The molecule has 7 nitrogen and oxygen atoms in total. The van der Waals surface area contributed by atoms with Crippen LogP contribution in [0.4, 0.5) is 5.69 Å². The normalized spacial score (nSPS) is 41.0. The van der Waals surface area contributed by atoms with Crippen LogP contribution in [0.1, 0.15) is 78.1 Å². The quantitative estimate of drug-likeness (QED) is 0.151. The Kier molecular flexibility index (Phi) is 7.68. The van der Waals surface area contributed by atoms with Crippen LogP contribution < -0.4 is 16.5 Å². The van der Waals surface area contributed by atoms with Gasteiger partial charge in [0.15, 0.2) is 0 Å². The second-order valence-corrected chi connectivity index (χ2v) is 12.7. The minimum absolute atomic E-state index is 0.151. The maximum absolute atomic E-state index is 12.4. The van der Waals surface area contributed by atoms with Crippen molar-refractivity contribution < 1.29 is 9.84 Å². The molecule has 0 heterocycles. The fourth-order valence-corrected chi connectivity index (χ4v) is 8.84. The molecule has 1 aromatic rings. The largest absolute Gasteiger partial charge is 0.389 e. The molecular formula is C30H47N5O2. The summed E-state index contributed by atoms with van der Waals surface area (Å²) in [6.07, 6.45) is 13.2. The van der Waals surface area contributed by atoms with Crippen LogP contribution in [0.3, 0.4) is 0 Å². The summed E-state index contributed by atoms with van der Waals surface area (Å²) in [7, 11) is 0. The first kappa shape index (κ1) is 26.6. The molecule has 0 spiro atoms. The number of hydrogen-bond donors (Lipinski definition) is 5. The molecule has 0 aliphatic heterocycles. The van der Waals surface area contributed by atoms with Gasteiger partial charge in [-0.05, 0) is 106 Å². The number of guanidine groups is 1. The molecule has 0 radical (unpaired) electrons. The Hall–Kier alpha value is -1.96. The van der Waals surface area contributed by atoms with Gasteiger partial charge in [-0.1, -0.05) is 32.0 Å². The van der Waals surface area contributed by atoms with Gasteiger partial charge in [-0.15, -0.1) is 0 Å². The van der Waals surface area contributed by atoms with Crippen LogP contribution in [0.5, 0.6) is 0 Å². The van der Waals surface area contributed by atoms with Crippen LogP contribution in [0.25, 0.3) is 0 Å². The Bertz CT molecular complexity index is 972. The molecule has 37 heavy (non-hydrogen) atoms. The second-order valence-electron chi connectivity index (χ2n) is 12.7. The monoisotopic (exact) mass is 509 g/mol. The van der Waals surface area contributed by atoms with Crippen LogP contribution >= 0.6 is 0 Å². The highest BCUT2D eigenvalue weighted by Gasteiger charge is 2.66. The first-order valence-corrected chi connectivity index (χ1v) is 14.5. The predicted octanol–water partition coefficient (Wildman–Crippen LogP) is 5.12. The number of para-hydroxylation sites is 1. The first-order chi connectivity index (χ1) is 17.8. The average Bonchev–Trinajstić information content (AvgIpc) is 3.15. The lowest BCUT2D eigenvalue weighted by Crippen LogP contribution is -2.62. The van der Waals surface area contributed by atoms with Gasteiger partial charge in [-0.2, -0.15) is 5.10 Å². The summed E-state index contributed by atoms with van der Waals surface area (Å²) in [4.78, 5) is 0.